The number of hydrogen-bond donors (Lipinski definition) is 0. The van der Waals surface area contributed by atoms with Gasteiger partial charge in [-0.05, 0) is 48.6 Å². The van der Waals surface area contributed by atoms with Crippen molar-refractivity contribution in [2.24, 2.45) is 0 Å². The number of hydrogen-bond acceptors (Lipinski definition) is 3. The number of sulfonamides is 1. The molecule has 0 saturated carbocycles. The lowest BCUT2D eigenvalue weighted by molar-refractivity contribution is -0.111. The number of carbonyl (C=O) groups is 1. The Morgan fingerprint density at radius 3 is 2.14 bits per heavy atom. The highest BCUT2D eigenvalue weighted by Crippen LogP contribution is 2.21. The predicted octanol–water partition coefficient (Wildman–Crippen LogP) is 2.95. The van der Waals surface area contributed by atoms with Crippen LogP contribution in [0.5, 0.6) is 0 Å². The molecule has 1 aromatic rings. The maximum absolute atomic E-state index is 12.6. The molecule has 1 aliphatic rings. The first-order valence-corrected chi connectivity index (χ1v) is 9.09. The maximum Gasteiger partial charge on any atom is 0.243 e. The molecule has 6 heteroatoms. The zero-order valence-corrected chi connectivity index (χ0v) is 13.5. The zero-order valence-electron chi connectivity index (χ0n) is 11.9. The van der Waals surface area contributed by atoms with Gasteiger partial charge in [0.15, 0.2) is 0 Å². The fraction of sp³-hybridized carbons (Fsp3) is 0.533. The van der Waals surface area contributed by atoms with Gasteiger partial charge in [0.1, 0.15) is 0 Å². The number of halogens is 1. The third-order valence-electron chi connectivity index (χ3n) is 3.74. The minimum Gasteiger partial charge on any atom is -0.281 e. The van der Waals surface area contributed by atoms with E-state index in [0.717, 1.165) is 31.2 Å². The van der Waals surface area contributed by atoms with Crippen LogP contribution in [-0.2, 0) is 21.2 Å². The molecule has 1 fully saturated rings. The fourth-order valence-electron chi connectivity index (χ4n) is 2.50. The van der Waals surface area contributed by atoms with Crippen molar-refractivity contribution < 1.29 is 13.2 Å². The summed E-state index contributed by atoms with van der Waals surface area (Å²) in [6, 6.07) is 6.75. The number of benzene rings is 1. The average Bonchev–Trinajstić information content (AvgIpc) is 2.75. The smallest absolute Gasteiger partial charge is 0.243 e. The quantitative estimate of drug-likeness (QED) is 0.780. The predicted molar refractivity (Wildman–Crippen MR) is 82.8 cm³/mol. The van der Waals surface area contributed by atoms with E-state index in [9.17, 15) is 13.2 Å². The fourth-order valence-corrected chi connectivity index (χ4v) is 4.11. The average molecular weight is 330 g/mol. The molecule has 0 unspecified atom stereocenters. The van der Waals surface area contributed by atoms with E-state index < -0.39 is 10.0 Å². The van der Waals surface area contributed by atoms with Gasteiger partial charge in [0.2, 0.25) is 15.3 Å². The third kappa shape index (κ3) is 4.53. The van der Waals surface area contributed by atoms with Gasteiger partial charge in [0, 0.05) is 19.5 Å². The third-order valence-corrected chi connectivity index (χ3v) is 5.84. The van der Waals surface area contributed by atoms with Crippen molar-refractivity contribution in [1.82, 2.24) is 4.31 Å². The molecule has 0 aromatic heterocycles. The van der Waals surface area contributed by atoms with E-state index in [4.69, 9.17) is 11.6 Å². The van der Waals surface area contributed by atoms with E-state index >= 15 is 0 Å². The summed E-state index contributed by atoms with van der Waals surface area (Å²) < 4.78 is 26.7. The molecule has 0 amide bonds. The van der Waals surface area contributed by atoms with E-state index in [1.54, 1.807) is 28.6 Å². The van der Waals surface area contributed by atoms with Crippen LogP contribution in [0.15, 0.2) is 29.2 Å². The van der Waals surface area contributed by atoms with Crippen LogP contribution in [0.3, 0.4) is 0 Å². The Morgan fingerprint density at radius 1 is 1.05 bits per heavy atom. The summed E-state index contributed by atoms with van der Waals surface area (Å²) in [4.78, 5) is 11.1. The lowest BCUT2D eigenvalue weighted by atomic mass is 10.1. The molecule has 1 heterocycles. The second-order valence-electron chi connectivity index (χ2n) is 5.32. The minimum absolute atomic E-state index is 0.264. The standard InChI is InChI=1S/C15H20ClNO3S/c16-15(18)10-7-13-5-8-14(9-6-13)21(19,20)17-11-3-1-2-4-12-17/h5-6,8-9H,1-4,7,10-12H2. The summed E-state index contributed by atoms with van der Waals surface area (Å²) in [7, 11) is -3.39. The lowest BCUT2D eigenvalue weighted by Gasteiger charge is -2.20. The summed E-state index contributed by atoms with van der Waals surface area (Å²) in [6.45, 7) is 1.20. The second kappa shape index (κ2) is 7.38. The molecule has 0 spiro atoms. The zero-order chi connectivity index (χ0) is 15.3. The van der Waals surface area contributed by atoms with Gasteiger partial charge in [0.25, 0.3) is 0 Å². The van der Waals surface area contributed by atoms with Crippen LogP contribution >= 0.6 is 11.6 Å². The molecule has 0 atom stereocenters. The van der Waals surface area contributed by atoms with Crippen molar-refractivity contribution in [2.75, 3.05) is 13.1 Å². The van der Waals surface area contributed by atoms with E-state index in [0.29, 0.717) is 24.4 Å². The van der Waals surface area contributed by atoms with Crippen LogP contribution < -0.4 is 0 Å². The summed E-state index contributed by atoms with van der Waals surface area (Å²) in [5.74, 6) is 0. The lowest BCUT2D eigenvalue weighted by Crippen LogP contribution is -2.31. The second-order valence-corrected chi connectivity index (χ2v) is 7.68. The Labute approximate surface area is 131 Å². The van der Waals surface area contributed by atoms with E-state index in [-0.39, 0.29) is 11.7 Å². The Hall–Kier alpha value is -0.910. The molecule has 0 N–H and O–H groups in total. The summed E-state index contributed by atoms with van der Waals surface area (Å²) >= 11 is 5.31. The normalized spacial score (nSPS) is 17.4. The molecule has 21 heavy (non-hydrogen) atoms. The van der Waals surface area contributed by atoms with Crippen LogP contribution in [0.25, 0.3) is 0 Å². The highest BCUT2D eigenvalue weighted by atomic mass is 35.5. The monoisotopic (exact) mass is 329 g/mol. The van der Waals surface area contributed by atoms with Gasteiger partial charge < -0.3 is 0 Å². The highest BCUT2D eigenvalue weighted by Gasteiger charge is 2.24. The van der Waals surface area contributed by atoms with Crippen LogP contribution in [0, 0.1) is 0 Å². The Morgan fingerprint density at radius 2 is 1.62 bits per heavy atom. The van der Waals surface area contributed by atoms with Crippen molar-refractivity contribution in [3.8, 4) is 0 Å². The van der Waals surface area contributed by atoms with Gasteiger partial charge in [-0.15, -0.1) is 0 Å². The summed E-state index contributed by atoms with van der Waals surface area (Å²) in [6.07, 6.45) is 4.84. The molecule has 0 radical (unpaired) electrons. The number of carbonyl (C=O) groups excluding carboxylic acids is 1. The van der Waals surface area contributed by atoms with Crippen molar-refractivity contribution in [3.05, 3.63) is 29.8 Å². The molecule has 2 rings (SSSR count). The molecular weight excluding hydrogens is 310 g/mol. The minimum atomic E-state index is -3.39. The molecule has 0 aliphatic carbocycles. The molecule has 1 aliphatic heterocycles. The topological polar surface area (TPSA) is 54.5 Å². The molecule has 1 aromatic carbocycles. The summed E-state index contributed by atoms with van der Waals surface area (Å²) in [5.41, 5.74) is 0.916. The van der Waals surface area contributed by atoms with Crippen molar-refractivity contribution in [2.45, 2.75) is 43.4 Å². The van der Waals surface area contributed by atoms with E-state index in [2.05, 4.69) is 0 Å². The van der Waals surface area contributed by atoms with Crippen LogP contribution in [0.1, 0.15) is 37.7 Å². The van der Waals surface area contributed by atoms with Gasteiger partial charge in [-0.3, -0.25) is 4.79 Å². The highest BCUT2D eigenvalue weighted by molar-refractivity contribution is 7.89. The van der Waals surface area contributed by atoms with Crippen molar-refractivity contribution in [3.63, 3.8) is 0 Å². The number of rotatable bonds is 5. The molecule has 116 valence electrons. The van der Waals surface area contributed by atoms with Crippen LogP contribution in [0.2, 0.25) is 0 Å². The van der Waals surface area contributed by atoms with Gasteiger partial charge in [0.05, 0.1) is 4.90 Å². The van der Waals surface area contributed by atoms with E-state index in [1.807, 2.05) is 0 Å². The van der Waals surface area contributed by atoms with Gasteiger partial charge in [-0.2, -0.15) is 4.31 Å². The molecule has 4 nitrogen and oxygen atoms in total. The Bertz CT molecular complexity index is 575. The first-order chi connectivity index (χ1) is 10.00. The first kappa shape index (κ1) is 16.5. The van der Waals surface area contributed by atoms with Crippen LogP contribution in [0.4, 0.5) is 0 Å². The first-order valence-electron chi connectivity index (χ1n) is 7.27. The Balaban J connectivity index is 2.10. The Kier molecular flexibility index (Phi) is 5.79. The molecular formula is C15H20ClNO3S. The molecule has 1 saturated heterocycles. The van der Waals surface area contributed by atoms with Crippen molar-refractivity contribution >= 4 is 26.9 Å². The molecule has 0 bridgehead atoms. The van der Waals surface area contributed by atoms with Crippen LogP contribution in [-0.4, -0.2) is 31.1 Å². The number of aryl methyl sites for hydroxylation is 1. The number of nitrogens with zero attached hydrogens (tertiary/aromatic N) is 1. The maximum atomic E-state index is 12.6. The van der Waals surface area contributed by atoms with Gasteiger partial charge >= 0.3 is 0 Å². The van der Waals surface area contributed by atoms with E-state index in [1.165, 1.54) is 0 Å². The van der Waals surface area contributed by atoms with Crippen molar-refractivity contribution in [1.29, 1.82) is 0 Å². The SMILES string of the molecule is O=C(Cl)CCc1ccc(S(=O)(=O)N2CCCCCC2)cc1. The van der Waals surface area contributed by atoms with Gasteiger partial charge in [-0.1, -0.05) is 25.0 Å². The largest absolute Gasteiger partial charge is 0.281 e. The summed E-state index contributed by atoms with van der Waals surface area (Å²) in [5, 5.41) is -0.378. The van der Waals surface area contributed by atoms with Gasteiger partial charge in [-0.25, -0.2) is 8.42 Å².